The molecular weight excluding hydrogens is 420 g/mol. The minimum atomic E-state index is -0.390. The summed E-state index contributed by atoms with van der Waals surface area (Å²) in [6, 6.07) is 10.9. The van der Waals surface area contributed by atoms with Crippen molar-refractivity contribution in [3.63, 3.8) is 0 Å². The van der Waals surface area contributed by atoms with Crippen molar-refractivity contribution in [2.24, 2.45) is 5.73 Å². The first-order chi connectivity index (χ1) is 15.7. The van der Waals surface area contributed by atoms with Crippen LogP contribution in [0.1, 0.15) is 23.1 Å². The monoisotopic (exact) mass is 448 g/mol. The molecule has 7 heteroatoms. The van der Waals surface area contributed by atoms with Crippen LogP contribution >= 0.6 is 11.8 Å². The number of carbonyl (C=O) groups excluding carboxylic acids is 1. The standard InChI is InChI=1S/C25H28N4O2S/c26-24(30)22-5-2-10-29(21-7-6-19-3-1-4-20(19)16-21)25(22)32-17-18-8-9-27-23(15-18)28-11-13-31-14-12-28/h2,5-9,15-16H,1,3-4,10-14,17H2,(H2,26,30). The molecule has 1 aromatic heterocycles. The fraction of sp³-hybridized carbons (Fsp3) is 0.360. The van der Waals surface area contributed by atoms with E-state index in [1.807, 2.05) is 24.4 Å². The summed E-state index contributed by atoms with van der Waals surface area (Å²) < 4.78 is 5.46. The van der Waals surface area contributed by atoms with Crippen molar-refractivity contribution in [2.45, 2.75) is 25.0 Å². The third-order valence-corrected chi connectivity index (χ3v) is 7.42. The van der Waals surface area contributed by atoms with Crippen LogP contribution in [0.5, 0.6) is 0 Å². The summed E-state index contributed by atoms with van der Waals surface area (Å²) in [7, 11) is 0. The van der Waals surface area contributed by atoms with Crippen molar-refractivity contribution < 1.29 is 9.53 Å². The number of benzene rings is 1. The highest BCUT2D eigenvalue weighted by molar-refractivity contribution is 8.02. The second-order valence-electron chi connectivity index (χ2n) is 8.31. The lowest BCUT2D eigenvalue weighted by atomic mass is 10.1. The van der Waals surface area contributed by atoms with Crippen LogP contribution in [0.2, 0.25) is 0 Å². The minimum Gasteiger partial charge on any atom is -0.378 e. The van der Waals surface area contributed by atoms with Gasteiger partial charge in [0, 0.05) is 37.3 Å². The molecule has 0 unspecified atom stereocenters. The molecule has 0 atom stereocenters. The molecule has 1 amide bonds. The zero-order valence-corrected chi connectivity index (χ0v) is 18.9. The Morgan fingerprint density at radius 3 is 2.81 bits per heavy atom. The molecule has 166 valence electrons. The van der Waals surface area contributed by atoms with Gasteiger partial charge in [0.1, 0.15) is 5.82 Å². The van der Waals surface area contributed by atoms with Crippen LogP contribution in [0.3, 0.4) is 0 Å². The van der Waals surface area contributed by atoms with Crippen LogP contribution in [-0.2, 0) is 28.1 Å². The van der Waals surface area contributed by atoms with Crippen molar-refractivity contribution in [3.05, 3.63) is 76.0 Å². The molecule has 2 N–H and O–H groups in total. The Morgan fingerprint density at radius 2 is 1.97 bits per heavy atom. The number of aromatic nitrogens is 1. The number of primary amides is 1. The van der Waals surface area contributed by atoms with Gasteiger partial charge >= 0.3 is 0 Å². The lowest BCUT2D eigenvalue weighted by molar-refractivity contribution is -0.114. The summed E-state index contributed by atoms with van der Waals surface area (Å²) in [5.74, 6) is 1.33. The molecule has 1 fully saturated rings. The zero-order valence-electron chi connectivity index (χ0n) is 18.1. The Bertz CT molecular complexity index is 1080. The Hall–Kier alpha value is -2.77. The van der Waals surface area contributed by atoms with Gasteiger partial charge in [0.25, 0.3) is 5.91 Å². The zero-order chi connectivity index (χ0) is 21.9. The number of morpholine rings is 1. The van der Waals surface area contributed by atoms with Gasteiger partial charge in [-0.25, -0.2) is 4.98 Å². The second kappa shape index (κ2) is 9.38. The van der Waals surface area contributed by atoms with E-state index in [0.29, 0.717) is 5.57 Å². The van der Waals surface area contributed by atoms with Crippen molar-refractivity contribution in [3.8, 4) is 0 Å². The van der Waals surface area contributed by atoms with Gasteiger partial charge in [-0.2, -0.15) is 0 Å². The number of ether oxygens (including phenoxy) is 1. The lowest BCUT2D eigenvalue weighted by Gasteiger charge is -2.30. The number of aryl methyl sites for hydroxylation is 2. The number of carbonyl (C=O) groups is 1. The molecule has 1 aromatic carbocycles. The Balaban J connectivity index is 1.39. The highest BCUT2D eigenvalue weighted by Crippen LogP contribution is 2.36. The first-order valence-corrected chi connectivity index (χ1v) is 12.2. The van der Waals surface area contributed by atoms with Crippen molar-refractivity contribution >= 4 is 29.2 Å². The number of pyridine rings is 1. The lowest BCUT2D eigenvalue weighted by Crippen LogP contribution is -2.36. The van der Waals surface area contributed by atoms with E-state index >= 15 is 0 Å². The Kier molecular flexibility index (Phi) is 6.19. The average molecular weight is 449 g/mol. The van der Waals surface area contributed by atoms with Gasteiger partial charge < -0.3 is 20.3 Å². The largest absolute Gasteiger partial charge is 0.378 e. The number of nitrogens with two attached hydrogens (primary N) is 1. The molecule has 0 bridgehead atoms. The van der Waals surface area contributed by atoms with Crippen molar-refractivity contribution in [1.29, 1.82) is 0 Å². The maximum atomic E-state index is 12.2. The number of rotatable bonds is 6. The summed E-state index contributed by atoms with van der Waals surface area (Å²) in [6.07, 6.45) is 9.25. The second-order valence-corrected chi connectivity index (χ2v) is 9.28. The number of amides is 1. The minimum absolute atomic E-state index is 0.390. The topological polar surface area (TPSA) is 71.7 Å². The number of anilines is 2. The van der Waals surface area contributed by atoms with Crippen LogP contribution in [0.15, 0.2) is 59.3 Å². The van der Waals surface area contributed by atoms with Gasteiger partial charge in [-0.1, -0.05) is 12.1 Å². The Labute approximate surface area is 193 Å². The van der Waals surface area contributed by atoms with Gasteiger partial charge in [-0.3, -0.25) is 4.79 Å². The average Bonchev–Trinajstić information content (AvgIpc) is 3.31. The predicted molar refractivity (Wildman–Crippen MR) is 130 cm³/mol. The van der Waals surface area contributed by atoms with Gasteiger partial charge in [-0.15, -0.1) is 11.8 Å². The third-order valence-electron chi connectivity index (χ3n) is 6.23. The van der Waals surface area contributed by atoms with Crippen LogP contribution in [0.25, 0.3) is 0 Å². The smallest absolute Gasteiger partial charge is 0.251 e. The van der Waals surface area contributed by atoms with E-state index in [1.165, 1.54) is 23.1 Å². The van der Waals surface area contributed by atoms with Gasteiger partial charge in [0.2, 0.25) is 0 Å². The van der Waals surface area contributed by atoms with E-state index in [-0.39, 0.29) is 0 Å². The summed E-state index contributed by atoms with van der Waals surface area (Å²) in [5.41, 5.74) is 11.5. The molecule has 2 aromatic rings. The molecule has 3 aliphatic rings. The van der Waals surface area contributed by atoms with Crippen LogP contribution < -0.4 is 15.5 Å². The van der Waals surface area contributed by atoms with Crippen LogP contribution in [0, 0.1) is 0 Å². The van der Waals surface area contributed by atoms with E-state index < -0.39 is 5.91 Å². The van der Waals surface area contributed by atoms with Crippen molar-refractivity contribution in [1.82, 2.24) is 4.98 Å². The molecule has 0 radical (unpaired) electrons. The molecule has 1 aliphatic carbocycles. The summed E-state index contributed by atoms with van der Waals surface area (Å²) in [5, 5.41) is 0.919. The van der Waals surface area contributed by atoms with Crippen LogP contribution in [0.4, 0.5) is 11.5 Å². The molecule has 32 heavy (non-hydrogen) atoms. The predicted octanol–water partition coefficient (Wildman–Crippen LogP) is 3.41. The summed E-state index contributed by atoms with van der Waals surface area (Å²) >= 11 is 1.66. The number of fused-ring (bicyclic) bond motifs is 1. The molecule has 2 aliphatic heterocycles. The molecule has 3 heterocycles. The molecule has 1 saturated heterocycles. The maximum Gasteiger partial charge on any atom is 0.251 e. The molecule has 0 saturated carbocycles. The third kappa shape index (κ3) is 4.40. The fourth-order valence-corrected chi connectivity index (χ4v) is 5.68. The van der Waals surface area contributed by atoms with Crippen molar-refractivity contribution in [2.75, 3.05) is 42.6 Å². The number of hydrogen-bond donors (Lipinski definition) is 1. The maximum absolute atomic E-state index is 12.2. The van der Waals surface area contributed by atoms with E-state index in [9.17, 15) is 4.79 Å². The normalized spacial score (nSPS) is 18.2. The molecule has 5 rings (SSSR count). The van der Waals surface area contributed by atoms with Crippen LogP contribution in [-0.4, -0.2) is 43.7 Å². The number of hydrogen-bond acceptors (Lipinski definition) is 6. The van der Waals surface area contributed by atoms with E-state index in [2.05, 4.69) is 39.0 Å². The SMILES string of the molecule is NC(=O)C1=C(SCc2ccnc(N3CCOCC3)c2)N(c2ccc3c(c2)CCC3)CC=C1. The number of thioether (sulfide) groups is 1. The molecule has 6 nitrogen and oxygen atoms in total. The van der Waals surface area contributed by atoms with Gasteiger partial charge in [0.05, 0.1) is 23.8 Å². The first kappa shape index (κ1) is 21.1. The molecule has 0 spiro atoms. The summed E-state index contributed by atoms with van der Waals surface area (Å²) in [4.78, 5) is 21.3. The summed E-state index contributed by atoms with van der Waals surface area (Å²) in [6.45, 7) is 3.91. The van der Waals surface area contributed by atoms with E-state index in [0.717, 1.165) is 68.0 Å². The highest BCUT2D eigenvalue weighted by Gasteiger charge is 2.23. The van der Waals surface area contributed by atoms with Gasteiger partial charge in [-0.05, 0) is 66.3 Å². The quantitative estimate of drug-likeness (QED) is 0.730. The fourth-order valence-electron chi connectivity index (χ4n) is 4.53. The number of nitrogens with zero attached hydrogens (tertiary/aromatic N) is 3. The molecular formula is C25H28N4O2S. The first-order valence-electron chi connectivity index (χ1n) is 11.2. The Morgan fingerprint density at radius 1 is 1.12 bits per heavy atom. The van der Waals surface area contributed by atoms with E-state index in [1.54, 1.807) is 11.8 Å². The van der Waals surface area contributed by atoms with Gasteiger partial charge in [0.15, 0.2) is 0 Å². The van der Waals surface area contributed by atoms with E-state index in [4.69, 9.17) is 10.5 Å². The highest BCUT2D eigenvalue weighted by atomic mass is 32.2.